The van der Waals surface area contributed by atoms with Crippen LogP contribution in [0.1, 0.15) is 47.1 Å². The van der Waals surface area contributed by atoms with Crippen LogP contribution in [-0.2, 0) is 6.54 Å². The molecule has 0 fully saturated rings. The Morgan fingerprint density at radius 2 is 2.00 bits per heavy atom. The molecule has 3 nitrogen and oxygen atoms in total. The molecule has 1 aromatic heterocycles. The van der Waals surface area contributed by atoms with Gasteiger partial charge in [-0.25, -0.2) is 0 Å². The normalized spacial score (nSPS) is 12.5. The molecule has 1 heterocycles. The number of thiophene rings is 1. The van der Waals surface area contributed by atoms with Crippen LogP contribution in [-0.4, -0.2) is 5.91 Å². The van der Waals surface area contributed by atoms with Crippen LogP contribution in [0.5, 0.6) is 0 Å². The highest BCUT2D eigenvalue weighted by molar-refractivity contribution is 7.10. The van der Waals surface area contributed by atoms with Gasteiger partial charge in [-0.1, -0.05) is 44.2 Å². The van der Waals surface area contributed by atoms with E-state index in [-0.39, 0.29) is 5.91 Å². The van der Waals surface area contributed by atoms with E-state index in [1.54, 1.807) is 11.3 Å². The van der Waals surface area contributed by atoms with Gasteiger partial charge in [0.05, 0.1) is 5.56 Å². The van der Waals surface area contributed by atoms with E-state index in [1.807, 2.05) is 17.5 Å². The summed E-state index contributed by atoms with van der Waals surface area (Å²) in [5, 5.41) is 5.41. The Kier molecular flexibility index (Phi) is 5.53. The Bertz CT molecular complexity index is 577. The van der Waals surface area contributed by atoms with Gasteiger partial charge in [0.2, 0.25) is 5.91 Å². The molecule has 0 bridgehead atoms. The zero-order valence-corrected chi connectivity index (χ0v) is 13.3. The molecule has 4 heteroatoms. The average Bonchev–Trinajstić information content (AvgIpc) is 2.93. The van der Waals surface area contributed by atoms with Crippen molar-refractivity contribution in [3.8, 4) is 0 Å². The minimum atomic E-state index is -0.362. The molecule has 0 saturated heterocycles. The topological polar surface area (TPSA) is 55.1 Å². The van der Waals surface area contributed by atoms with E-state index in [2.05, 4.69) is 43.4 Å². The third kappa shape index (κ3) is 4.69. The van der Waals surface area contributed by atoms with E-state index in [4.69, 9.17) is 5.73 Å². The fourth-order valence-corrected chi connectivity index (χ4v) is 3.14. The summed E-state index contributed by atoms with van der Waals surface area (Å²) in [5.41, 5.74) is 7.19. The maximum Gasteiger partial charge on any atom is 0.249 e. The van der Waals surface area contributed by atoms with Crippen LogP contribution in [0.25, 0.3) is 0 Å². The number of rotatable bonds is 7. The van der Waals surface area contributed by atoms with Gasteiger partial charge in [-0.3, -0.25) is 4.79 Å². The lowest BCUT2D eigenvalue weighted by molar-refractivity contribution is 0.100. The number of hydrogen-bond donors (Lipinski definition) is 2. The second-order valence-corrected chi connectivity index (χ2v) is 6.64. The SMILES string of the molecule is CC(C)CC(NCc1cc(C(N)=O)cs1)c1ccccc1. The predicted octanol–water partition coefficient (Wildman–Crippen LogP) is 3.72. The fourth-order valence-electron chi connectivity index (χ4n) is 2.32. The maximum absolute atomic E-state index is 11.1. The summed E-state index contributed by atoms with van der Waals surface area (Å²) in [4.78, 5) is 12.3. The lowest BCUT2D eigenvalue weighted by atomic mass is 9.97. The van der Waals surface area contributed by atoms with Crippen LogP contribution in [0.2, 0.25) is 0 Å². The second kappa shape index (κ2) is 7.38. The Balaban J connectivity index is 2.03. The molecule has 1 atom stereocenters. The van der Waals surface area contributed by atoms with Gasteiger partial charge in [0.15, 0.2) is 0 Å². The highest BCUT2D eigenvalue weighted by atomic mass is 32.1. The summed E-state index contributed by atoms with van der Waals surface area (Å²) in [5.74, 6) is 0.256. The molecule has 2 rings (SSSR count). The molecule has 0 aliphatic heterocycles. The van der Waals surface area contributed by atoms with E-state index in [9.17, 15) is 4.79 Å². The van der Waals surface area contributed by atoms with Gasteiger partial charge in [-0.15, -0.1) is 11.3 Å². The van der Waals surface area contributed by atoms with Crippen molar-refractivity contribution in [3.63, 3.8) is 0 Å². The Morgan fingerprint density at radius 1 is 1.29 bits per heavy atom. The second-order valence-electron chi connectivity index (χ2n) is 5.64. The number of nitrogens with one attached hydrogen (secondary N) is 1. The highest BCUT2D eigenvalue weighted by Gasteiger charge is 2.13. The van der Waals surface area contributed by atoms with Gasteiger partial charge in [-0.05, 0) is 24.0 Å². The van der Waals surface area contributed by atoms with Crippen LogP contribution < -0.4 is 11.1 Å². The summed E-state index contributed by atoms with van der Waals surface area (Å²) >= 11 is 1.57. The third-order valence-corrected chi connectivity index (χ3v) is 4.31. The fraction of sp³-hybridized carbons (Fsp3) is 0.353. The van der Waals surface area contributed by atoms with Crippen LogP contribution in [0.3, 0.4) is 0 Å². The molecule has 0 saturated carbocycles. The molecule has 0 spiro atoms. The minimum absolute atomic E-state index is 0.324. The molecular formula is C17H22N2OS. The first kappa shape index (κ1) is 15.7. The van der Waals surface area contributed by atoms with Gasteiger partial charge >= 0.3 is 0 Å². The van der Waals surface area contributed by atoms with E-state index >= 15 is 0 Å². The molecule has 1 unspecified atom stereocenters. The van der Waals surface area contributed by atoms with Crippen molar-refractivity contribution in [2.45, 2.75) is 32.9 Å². The molecule has 1 amide bonds. The third-order valence-electron chi connectivity index (χ3n) is 3.37. The van der Waals surface area contributed by atoms with Gasteiger partial charge in [0.25, 0.3) is 0 Å². The molecule has 1 aromatic carbocycles. The van der Waals surface area contributed by atoms with Crippen molar-refractivity contribution >= 4 is 17.2 Å². The standard InChI is InChI=1S/C17H22N2OS/c1-12(2)8-16(13-6-4-3-5-7-13)19-10-15-9-14(11-21-15)17(18)20/h3-7,9,11-12,16,19H,8,10H2,1-2H3,(H2,18,20). The van der Waals surface area contributed by atoms with Crippen molar-refractivity contribution in [2.24, 2.45) is 11.7 Å². The van der Waals surface area contributed by atoms with Crippen LogP contribution in [0.4, 0.5) is 0 Å². The number of carbonyl (C=O) groups is 1. The summed E-state index contributed by atoms with van der Waals surface area (Å²) in [6.07, 6.45) is 1.08. The van der Waals surface area contributed by atoms with E-state index in [1.165, 1.54) is 5.56 Å². The monoisotopic (exact) mass is 302 g/mol. The van der Waals surface area contributed by atoms with Crippen LogP contribution in [0.15, 0.2) is 41.8 Å². The van der Waals surface area contributed by atoms with Gasteiger partial charge in [-0.2, -0.15) is 0 Å². The average molecular weight is 302 g/mol. The number of hydrogen-bond acceptors (Lipinski definition) is 3. The summed E-state index contributed by atoms with van der Waals surface area (Å²) in [6, 6.07) is 12.7. The quantitative estimate of drug-likeness (QED) is 0.819. The molecule has 112 valence electrons. The minimum Gasteiger partial charge on any atom is -0.366 e. The molecule has 0 aliphatic carbocycles. The lowest BCUT2D eigenvalue weighted by Gasteiger charge is -2.21. The van der Waals surface area contributed by atoms with E-state index in [0.29, 0.717) is 17.5 Å². The highest BCUT2D eigenvalue weighted by Crippen LogP contribution is 2.22. The molecular weight excluding hydrogens is 280 g/mol. The van der Waals surface area contributed by atoms with Gasteiger partial charge in [0, 0.05) is 22.8 Å². The Morgan fingerprint density at radius 3 is 2.57 bits per heavy atom. The van der Waals surface area contributed by atoms with Gasteiger partial charge < -0.3 is 11.1 Å². The molecule has 0 aliphatic rings. The van der Waals surface area contributed by atoms with E-state index in [0.717, 1.165) is 17.8 Å². The van der Waals surface area contributed by atoms with Crippen LogP contribution in [0, 0.1) is 5.92 Å². The number of primary amides is 1. The zero-order valence-electron chi connectivity index (χ0n) is 12.5. The summed E-state index contributed by atoms with van der Waals surface area (Å²) < 4.78 is 0. The Hall–Kier alpha value is -1.65. The Labute approximate surface area is 130 Å². The zero-order chi connectivity index (χ0) is 15.2. The van der Waals surface area contributed by atoms with E-state index < -0.39 is 0 Å². The number of amides is 1. The molecule has 2 aromatic rings. The number of nitrogens with two attached hydrogens (primary N) is 1. The van der Waals surface area contributed by atoms with Crippen molar-refractivity contribution in [1.29, 1.82) is 0 Å². The molecule has 21 heavy (non-hydrogen) atoms. The number of benzene rings is 1. The first-order chi connectivity index (χ1) is 10.1. The lowest BCUT2D eigenvalue weighted by Crippen LogP contribution is -2.22. The number of carbonyl (C=O) groups excluding carboxylic acids is 1. The van der Waals surface area contributed by atoms with Crippen molar-refractivity contribution in [2.75, 3.05) is 0 Å². The van der Waals surface area contributed by atoms with Crippen LogP contribution >= 0.6 is 11.3 Å². The molecule has 0 radical (unpaired) electrons. The van der Waals surface area contributed by atoms with Crippen molar-refractivity contribution in [3.05, 3.63) is 57.8 Å². The molecule has 3 N–H and O–H groups in total. The first-order valence-corrected chi connectivity index (χ1v) is 8.09. The van der Waals surface area contributed by atoms with Crippen molar-refractivity contribution < 1.29 is 4.79 Å². The predicted molar refractivity (Wildman–Crippen MR) is 88.3 cm³/mol. The summed E-state index contributed by atoms with van der Waals surface area (Å²) in [6.45, 7) is 5.21. The largest absolute Gasteiger partial charge is 0.366 e. The smallest absolute Gasteiger partial charge is 0.249 e. The van der Waals surface area contributed by atoms with Gasteiger partial charge in [0.1, 0.15) is 0 Å². The summed E-state index contributed by atoms with van der Waals surface area (Å²) in [7, 11) is 0. The van der Waals surface area contributed by atoms with Crippen molar-refractivity contribution in [1.82, 2.24) is 5.32 Å². The first-order valence-electron chi connectivity index (χ1n) is 7.21. The maximum atomic E-state index is 11.1.